The van der Waals surface area contributed by atoms with Gasteiger partial charge in [0.1, 0.15) is 18.1 Å². The minimum absolute atomic E-state index is 0. The molecule has 0 aliphatic carbocycles. The van der Waals surface area contributed by atoms with Gasteiger partial charge in [-0.25, -0.2) is 0 Å². The second-order valence-corrected chi connectivity index (χ2v) is 4.19. The van der Waals surface area contributed by atoms with E-state index in [1.807, 2.05) is 36.1 Å². The quantitative estimate of drug-likeness (QED) is 0.758. The molecular formula is C14H22ClNO4. The third-order valence-electron chi connectivity index (χ3n) is 2.63. The van der Waals surface area contributed by atoms with Gasteiger partial charge in [0.15, 0.2) is 0 Å². The lowest BCUT2D eigenvalue weighted by molar-refractivity contribution is -0.138. The Labute approximate surface area is 125 Å². The van der Waals surface area contributed by atoms with Crippen molar-refractivity contribution in [2.24, 2.45) is 0 Å². The normalized spacial score (nSPS) is 9.95. The van der Waals surface area contributed by atoms with Crippen molar-refractivity contribution in [1.29, 1.82) is 0 Å². The van der Waals surface area contributed by atoms with E-state index < -0.39 is 5.97 Å². The van der Waals surface area contributed by atoms with Gasteiger partial charge in [-0.1, -0.05) is 6.92 Å². The van der Waals surface area contributed by atoms with Crippen LogP contribution in [0.3, 0.4) is 0 Å². The van der Waals surface area contributed by atoms with Crippen LogP contribution in [0, 0.1) is 0 Å². The Hall–Kier alpha value is -1.46. The van der Waals surface area contributed by atoms with Gasteiger partial charge >= 0.3 is 5.97 Å². The lowest BCUT2D eigenvalue weighted by Crippen LogP contribution is -2.34. The molecule has 0 heterocycles. The molecule has 0 amide bonds. The van der Waals surface area contributed by atoms with Gasteiger partial charge in [-0.2, -0.15) is 0 Å². The number of methoxy groups -OCH3 is 1. The first-order valence-corrected chi connectivity index (χ1v) is 6.36. The van der Waals surface area contributed by atoms with Gasteiger partial charge < -0.3 is 14.6 Å². The maximum absolute atomic E-state index is 10.7. The number of carbonyl (C=O) groups is 1. The summed E-state index contributed by atoms with van der Waals surface area (Å²) in [5, 5.41) is 8.79. The molecule has 0 saturated carbocycles. The van der Waals surface area contributed by atoms with E-state index in [4.69, 9.17) is 14.6 Å². The highest BCUT2D eigenvalue weighted by Gasteiger charge is 2.08. The molecule has 0 fully saturated rings. The van der Waals surface area contributed by atoms with Gasteiger partial charge in [0.2, 0.25) is 0 Å². The fraction of sp³-hybridized carbons (Fsp3) is 0.500. The average Bonchev–Trinajstić information content (AvgIpc) is 2.39. The van der Waals surface area contributed by atoms with E-state index in [0.29, 0.717) is 13.2 Å². The van der Waals surface area contributed by atoms with Gasteiger partial charge in [0.05, 0.1) is 13.7 Å². The molecule has 0 unspecified atom stereocenters. The number of nitrogens with zero attached hydrogens (tertiary/aromatic N) is 1. The van der Waals surface area contributed by atoms with Crippen LogP contribution in [-0.4, -0.2) is 49.3 Å². The molecule has 1 N–H and O–H groups in total. The Morgan fingerprint density at radius 2 is 1.80 bits per heavy atom. The van der Waals surface area contributed by atoms with Crippen molar-refractivity contribution >= 4 is 18.4 Å². The molecule has 0 atom stereocenters. The Morgan fingerprint density at radius 3 is 2.30 bits per heavy atom. The van der Waals surface area contributed by atoms with Crippen LogP contribution in [0.1, 0.15) is 13.3 Å². The fourth-order valence-electron chi connectivity index (χ4n) is 1.74. The van der Waals surface area contributed by atoms with Gasteiger partial charge in [0, 0.05) is 6.54 Å². The molecule has 0 aliphatic rings. The molecule has 1 rings (SSSR count). The molecule has 0 radical (unpaired) electrons. The molecule has 0 saturated heterocycles. The van der Waals surface area contributed by atoms with Crippen LogP contribution in [0.2, 0.25) is 0 Å². The highest BCUT2D eigenvalue weighted by atomic mass is 35.5. The summed E-state index contributed by atoms with van der Waals surface area (Å²) in [7, 11) is 1.62. The van der Waals surface area contributed by atoms with Crippen LogP contribution in [0.4, 0.5) is 0 Å². The lowest BCUT2D eigenvalue weighted by Gasteiger charge is -2.19. The Bertz CT molecular complexity index is 383. The summed E-state index contributed by atoms with van der Waals surface area (Å²) in [6.45, 7) is 3.92. The number of hydrogen-bond acceptors (Lipinski definition) is 4. The van der Waals surface area contributed by atoms with Gasteiger partial charge in [-0.05, 0) is 37.2 Å². The third kappa shape index (κ3) is 7.21. The van der Waals surface area contributed by atoms with Crippen molar-refractivity contribution in [3.05, 3.63) is 24.3 Å². The zero-order chi connectivity index (χ0) is 14.1. The second kappa shape index (κ2) is 10.3. The zero-order valence-electron chi connectivity index (χ0n) is 11.9. The monoisotopic (exact) mass is 303 g/mol. The Morgan fingerprint density at radius 1 is 1.20 bits per heavy atom. The molecule has 0 bridgehead atoms. The Balaban J connectivity index is 0.00000361. The van der Waals surface area contributed by atoms with Crippen molar-refractivity contribution in [2.75, 3.05) is 33.4 Å². The summed E-state index contributed by atoms with van der Waals surface area (Å²) in [5.74, 6) is 0.733. The number of rotatable bonds is 9. The topological polar surface area (TPSA) is 59.0 Å². The standard InChI is InChI=1S/C14H21NO4.ClH/c1-3-8-15(11-14(16)17)9-10-19-13-6-4-12(18-2)5-7-13;/h4-7H,3,8-11H2,1-2H3,(H,16,17);1H. The highest BCUT2D eigenvalue weighted by Crippen LogP contribution is 2.16. The summed E-state index contributed by atoms with van der Waals surface area (Å²) >= 11 is 0. The molecular weight excluding hydrogens is 282 g/mol. The minimum Gasteiger partial charge on any atom is -0.497 e. The van der Waals surface area contributed by atoms with E-state index in [-0.39, 0.29) is 19.0 Å². The van der Waals surface area contributed by atoms with Crippen LogP contribution in [-0.2, 0) is 4.79 Å². The van der Waals surface area contributed by atoms with Crippen LogP contribution in [0.5, 0.6) is 11.5 Å². The van der Waals surface area contributed by atoms with E-state index in [9.17, 15) is 4.79 Å². The lowest BCUT2D eigenvalue weighted by atomic mass is 10.3. The van der Waals surface area contributed by atoms with Gasteiger partial charge in [0.25, 0.3) is 0 Å². The number of carboxylic acids is 1. The first kappa shape index (κ1) is 18.5. The summed E-state index contributed by atoms with van der Waals surface area (Å²) < 4.78 is 10.6. The highest BCUT2D eigenvalue weighted by molar-refractivity contribution is 5.85. The predicted molar refractivity (Wildman–Crippen MR) is 80.1 cm³/mol. The summed E-state index contributed by atoms with van der Waals surface area (Å²) in [6, 6.07) is 7.33. The van der Waals surface area contributed by atoms with Crippen LogP contribution in [0.15, 0.2) is 24.3 Å². The first-order chi connectivity index (χ1) is 9.15. The van der Waals surface area contributed by atoms with E-state index in [1.165, 1.54) is 0 Å². The number of halogens is 1. The molecule has 0 spiro atoms. The second-order valence-electron chi connectivity index (χ2n) is 4.19. The molecule has 5 nitrogen and oxygen atoms in total. The van der Waals surface area contributed by atoms with E-state index in [2.05, 4.69) is 0 Å². The number of ether oxygens (including phenoxy) is 2. The number of aliphatic carboxylic acids is 1. The third-order valence-corrected chi connectivity index (χ3v) is 2.63. The van der Waals surface area contributed by atoms with E-state index in [0.717, 1.165) is 24.5 Å². The zero-order valence-corrected chi connectivity index (χ0v) is 12.7. The number of benzene rings is 1. The van der Waals surface area contributed by atoms with Crippen molar-refractivity contribution in [2.45, 2.75) is 13.3 Å². The van der Waals surface area contributed by atoms with Crippen LogP contribution >= 0.6 is 12.4 Å². The van der Waals surface area contributed by atoms with Crippen LogP contribution < -0.4 is 9.47 Å². The summed E-state index contributed by atoms with van der Waals surface area (Å²) in [5.41, 5.74) is 0. The maximum Gasteiger partial charge on any atom is 0.317 e. The molecule has 0 aromatic heterocycles. The van der Waals surface area contributed by atoms with Crippen molar-refractivity contribution in [3.8, 4) is 11.5 Å². The smallest absolute Gasteiger partial charge is 0.317 e. The summed E-state index contributed by atoms with van der Waals surface area (Å²) in [6.07, 6.45) is 0.926. The van der Waals surface area contributed by atoms with Crippen molar-refractivity contribution in [1.82, 2.24) is 4.90 Å². The first-order valence-electron chi connectivity index (χ1n) is 6.36. The predicted octanol–water partition coefficient (Wildman–Crippen LogP) is 2.29. The molecule has 6 heteroatoms. The molecule has 1 aromatic rings. The van der Waals surface area contributed by atoms with Gasteiger partial charge in [-0.3, -0.25) is 9.69 Å². The van der Waals surface area contributed by atoms with Crippen molar-refractivity contribution < 1.29 is 19.4 Å². The largest absolute Gasteiger partial charge is 0.497 e. The SMILES string of the molecule is CCCN(CCOc1ccc(OC)cc1)CC(=O)O.Cl. The Kier molecular flexibility index (Phi) is 9.59. The molecule has 20 heavy (non-hydrogen) atoms. The maximum atomic E-state index is 10.7. The number of hydrogen-bond donors (Lipinski definition) is 1. The molecule has 0 aliphatic heterocycles. The minimum atomic E-state index is -0.808. The van der Waals surface area contributed by atoms with Gasteiger partial charge in [-0.15, -0.1) is 12.4 Å². The average molecular weight is 304 g/mol. The fourth-order valence-corrected chi connectivity index (χ4v) is 1.74. The molecule has 1 aromatic carbocycles. The summed E-state index contributed by atoms with van der Waals surface area (Å²) in [4.78, 5) is 12.6. The van der Waals surface area contributed by atoms with Crippen molar-refractivity contribution in [3.63, 3.8) is 0 Å². The van der Waals surface area contributed by atoms with E-state index >= 15 is 0 Å². The number of carboxylic acid groups (broad SMARTS) is 1. The molecule has 114 valence electrons. The van der Waals surface area contributed by atoms with Crippen LogP contribution in [0.25, 0.3) is 0 Å². The van der Waals surface area contributed by atoms with E-state index in [1.54, 1.807) is 7.11 Å².